The molecule has 3 rings (SSSR count). The highest BCUT2D eigenvalue weighted by atomic mass is 16.7. The van der Waals surface area contributed by atoms with Crippen molar-refractivity contribution in [3.63, 3.8) is 0 Å². The van der Waals surface area contributed by atoms with Gasteiger partial charge in [-0.2, -0.15) is 0 Å². The van der Waals surface area contributed by atoms with E-state index in [-0.39, 0.29) is 11.3 Å². The summed E-state index contributed by atoms with van der Waals surface area (Å²) in [7, 11) is 0. The smallest absolute Gasteiger partial charge is 0.341 e. The van der Waals surface area contributed by atoms with Gasteiger partial charge in [0.1, 0.15) is 11.3 Å². The van der Waals surface area contributed by atoms with Gasteiger partial charge in [0.05, 0.1) is 18.5 Å². The van der Waals surface area contributed by atoms with Crippen molar-refractivity contribution in [2.45, 2.75) is 32.4 Å². The molecule has 0 spiro atoms. The Bertz CT molecular complexity index is 888. The van der Waals surface area contributed by atoms with E-state index in [0.29, 0.717) is 18.7 Å². The summed E-state index contributed by atoms with van der Waals surface area (Å²) in [6, 6.07) is 8.73. The second-order valence-electron chi connectivity index (χ2n) is 6.30. The van der Waals surface area contributed by atoms with Gasteiger partial charge in [0, 0.05) is 12.6 Å². The van der Waals surface area contributed by atoms with Gasteiger partial charge < -0.3 is 19.2 Å². The first-order valence-corrected chi connectivity index (χ1v) is 7.78. The van der Waals surface area contributed by atoms with Gasteiger partial charge in [0.2, 0.25) is 5.43 Å². The Balaban J connectivity index is 1.96. The van der Waals surface area contributed by atoms with Gasteiger partial charge in [-0.05, 0) is 26.0 Å². The number of hydrogen-bond donors (Lipinski definition) is 1. The molecule has 0 bridgehead atoms. The summed E-state index contributed by atoms with van der Waals surface area (Å²) in [5.41, 5.74) is -0.758. The molecular weight excluding hydrogens is 324 g/mol. The zero-order chi connectivity index (χ0) is 18.0. The average Bonchev–Trinajstić information content (AvgIpc) is 2.90. The van der Waals surface area contributed by atoms with Crippen LogP contribution < -0.4 is 10.2 Å². The number of aromatic carboxylic acids is 1. The van der Waals surface area contributed by atoms with Crippen molar-refractivity contribution in [2.75, 3.05) is 0 Å². The minimum atomic E-state index is -1.30. The first-order valence-electron chi connectivity index (χ1n) is 7.78. The fourth-order valence-electron chi connectivity index (χ4n) is 2.80. The van der Waals surface area contributed by atoms with E-state index in [9.17, 15) is 14.7 Å². The lowest BCUT2D eigenvalue weighted by Gasteiger charge is -2.23. The second-order valence-corrected chi connectivity index (χ2v) is 6.30. The Morgan fingerprint density at radius 2 is 2.08 bits per heavy atom. The van der Waals surface area contributed by atoms with Crippen molar-refractivity contribution < 1.29 is 19.5 Å². The summed E-state index contributed by atoms with van der Waals surface area (Å²) >= 11 is 0. The van der Waals surface area contributed by atoms with Crippen LogP contribution in [0.2, 0.25) is 0 Å². The number of carbonyl (C=O) groups is 1. The van der Waals surface area contributed by atoms with Gasteiger partial charge in [-0.15, -0.1) is 0 Å². The van der Waals surface area contributed by atoms with E-state index < -0.39 is 17.0 Å². The lowest BCUT2D eigenvalue weighted by molar-refractivity contribution is -0.0166. The molecule has 0 aliphatic carbocycles. The molecule has 2 aromatic rings. The number of carboxylic acid groups (broad SMARTS) is 1. The van der Waals surface area contributed by atoms with Gasteiger partial charge in [-0.1, -0.05) is 23.4 Å². The topological polar surface area (TPSA) is 90.1 Å². The summed E-state index contributed by atoms with van der Waals surface area (Å²) < 4.78 is 7.19. The number of ether oxygens (including phenoxy) is 1. The highest BCUT2D eigenvalue weighted by molar-refractivity contribution is 5.87. The van der Waals surface area contributed by atoms with Crippen LogP contribution in [-0.4, -0.2) is 27.0 Å². The molecule has 0 radical (unpaired) electrons. The molecule has 0 amide bonds. The molecule has 0 fully saturated rings. The first-order chi connectivity index (χ1) is 11.9. The number of pyridine rings is 1. The Kier molecular flexibility index (Phi) is 4.31. The molecule has 1 atom stereocenters. The Morgan fingerprint density at radius 3 is 2.68 bits per heavy atom. The van der Waals surface area contributed by atoms with E-state index in [1.54, 1.807) is 28.8 Å². The third-order valence-corrected chi connectivity index (χ3v) is 3.82. The number of oxime groups is 1. The number of para-hydroxylation sites is 1. The number of nitrogens with zero attached hydrogens (tertiary/aromatic N) is 2. The van der Waals surface area contributed by atoms with E-state index in [2.05, 4.69) is 5.16 Å². The molecule has 0 saturated heterocycles. The van der Waals surface area contributed by atoms with Crippen LogP contribution in [0.25, 0.3) is 0 Å². The van der Waals surface area contributed by atoms with Crippen molar-refractivity contribution >= 4 is 11.7 Å². The van der Waals surface area contributed by atoms with Crippen molar-refractivity contribution in [1.29, 1.82) is 0 Å². The number of carboxylic acids is 1. The molecule has 1 aliphatic rings. The number of rotatable bonds is 5. The third kappa shape index (κ3) is 3.71. The van der Waals surface area contributed by atoms with Gasteiger partial charge in [-0.3, -0.25) is 4.79 Å². The highest BCUT2D eigenvalue weighted by Gasteiger charge is 2.33. The standard InChI is InChI=1S/C18H18N2O5/c1-12-8-18(2,25-19-12)11-20-9-14(17(22)23)16(21)15(10-20)24-13-6-4-3-5-7-13/h3-7,9-10H,8,11H2,1-2H3,(H,22,23). The molecule has 25 heavy (non-hydrogen) atoms. The monoisotopic (exact) mass is 342 g/mol. The molecule has 1 unspecified atom stereocenters. The number of benzene rings is 1. The summed E-state index contributed by atoms with van der Waals surface area (Å²) in [5.74, 6) is -0.899. The maximum absolute atomic E-state index is 12.4. The largest absolute Gasteiger partial charge is 0.477 e. The maximum atomic E-state index is 12.4. The summed E-state index contributed by atoms with van der Waals surface area (Å²) in [4.78, 5) is 29.2. The van der Waals surface area contributed by atoms with Crippen LogP contribution in [0.15, 0.2) is 52.7 Å². The lowest BCUT2D eigenvalue weighted by Crippen LogP contribution is -2.32. The molecule has 7 heteroatoms. The van der Waals surface area contributed by atoms with E-state index in [0.717, 1.165) is 5.71 Å². The molecule has 7 nitrogen and oxygen atoms in total. The fourth-order valence-corrected chi connectivity index (χ4v) is 2.80. The molecular formula is C18H18N2O5. The van der Waals surface area contributed by atoms with E-state index in [1.165, 1.54) is 12.4 Å². The van der Waals surface area contributed by atoms with Crippen molar-refractivity contribution in [2.24, 2.45) is 5.16 Å². The Morgan fingerprint density at radius 1 is 1.36 bits per heavy atom. The van der Waals surface area contributed by atoms with Crippen LogP contribution in [0.5, 0.6) is 11.5 Å². The zero-order valence-electron chi connectivity index (χ0n) is 13.9. The van der Waals surface area contributed by atoms with Crippen molar-refractivity contribution in [1.82, 2.24) is 4.57 Å². The maximum Gasteiger partial charge on any atom is 0.341 e. The average molecular weight is 342 g/mol. The van der Waals surface area contributed by atoms with Crippen LogP contribution >= 0.6 is 0 Å². The van der Waals surface area contributed by atoms with E-state index in [1.807, 2.05) is 19.9 Å². The van der Waals surface area contributed by atoms with Crippen LogP contribution in [0.1, 0.15) is 30.6 Å². The molecule has 1 aromatic heterocycles. The quantitative estimate of drug-likeness (QED) is 0.902. The molecule has 1 N–H and O–H groups in total. The van der Waals surface area contributed by atoms with Gasteiger partial charge in [-0.25, -0.2) is 4.79 Å². The van der Waals surface area contributed by atoms with Crippen LogP contribution in [-0.2, 0) is 11.4 Å². The predicted molar refractivity (Wildman–Crippen MR) is 91.4 cm³/mol. The SMILES string of the molecule is CC1=NOC(C)(Cn2cc(Oc3ccccc3)c(=O)c(C(=O)O)c2)C1. The summed E-state index contributed by atoms with van der Waals surface area (Å²) in [6.45, 7) is 4.08. The van der Waals surface area contributed by atoms with Gasteiger partial charge in [0.25, 0.3) is 0 Å². The fraction of sp³-hybridized carbons (Fsp3) is 0.278. The third-order valence-electron chi connectivity index (χ3n) is 3.82. The van der Waals surface area contributed by atoms with Crippen LogP contribution in [0.4, 0.5) is 0 Å². The first kappa shape index (κ1) is 16.8. The Labute approximate surface area is 144 Å². The van der Waals surface area contributed by atoms with Gasteiger partial charge in [0.15, 0.2) is 11.4 Å². The summed E-state index contributed by atoms with van der Waals surface area (Å²) in [6.07, 6.45) is 3.41. The molecule has 1 aliphatic heterocycles. The van der Waals surface area contributed by atoms with Crippen molar-refractivity contribution in [3.05, 3.63) is 58.5 Å². The van der Waals surface area contributed by atoms with Crippen LogP contribution in [0.3, 0.4) is 0 Å². The number of aromatic nitrogens is 1. The normalized spacial score (nSPS) is 19.2. The molecule has 1 aromatic carbocycles. The Hall–Kier alpha value is -3.09. The number of hydrogen-bond acceptors (Lipinski definition) is 5. The minimum absolute atomic E-state index is 0.0506. The minimum Gasteiger partial charge on any atom is -0.477 e. The predicted octanol–water partition coefficient (Wildman–Crippen LogP) is 2.89. The molecule has 130 valence electrons. The van der Waals surface area contributed by atoms with E-state index in [4.69, 9.17) is 9.57 Å². The zero-order valence-corrected chi connectivity index (χ0v) is 13.9. The lowest BCUT2D eigenvalue weighted by atomic mass is 10.0. The molecule has 0 saturated carbocycles. The van der Waals surface area contributed by atoms with Crippen LogP contribution in [0, 0.1) is 0 Å². The van der Waals surface area contributed by atoms with Crippen molar-refractivity contribution in [3.8, 4) is 11.5 Å². The highest BCUT2D eigenvalue weighted by Crippen LogP contribution is 2.26. The summed E-state index contributed by atoms with van der Waals surface area (Å²) in [5, 5.41) is 13.3. The van der Waals surface area contributed by atoms with Gasteiger partial charge >= 0.3 is 5.97 Å². The molecule has 2 heterocycles. The van der Waals surface area contributed by atoms with E-state index >= 15 is 0 Å². The second kappa shape index (κ2) is 6.43.